The molecule has 4 rings (SSSR count). The summed E-state index contributed by atoms with van der Waals surface area (Å²) in [5, 5.41) is 2.85. The molecule has 2 aromatic carbocycles. The van der Waals surface area contributed by atoms with Crippen molar-refractivity contribution in [1.82, 2.24) is 9.55 Å². The molecule has 0 spiro atoms. The Morgan fingerprint density at radius 2 is 1.86 bits per heavy atom. The molecule has 0 unspecified atom stereocenters. The number of hydrogen-bond donors (Lipinski definition) is 1. The summed E-state index contributed by atoms with van der Waals surface area (Å²) in [6.07, 6.45) is 1.66. The molecule has 0 fully saturated rings. The molecule has 0 aliphatic carbocycles. The number of nitrogens with zero attached hydrogens (tertiary/aromatic N) is 2. The van der Waals surface area contributed by atoms with Crippen LogP contribution in [0.5, 0.6) is 5.75 Å². The summed E-state index contributed by atoms with van der Waals surface area (Å²) in [6.45, 7) is 0.328. The van der Waals surface area contributed by atoms with Gasteiger partial charge in [0.05, 0.1) is 11.4 Å². The Balaban J connectivity index is 1.69. The molecule has 0 saturated carbocycles. The lowest BCUT2D eigenvalue weighted by Crippen LogP contribution is -2.19. The van der Waals surface area contributed by atoms with Crippen molar-refractivity contribution in [2.45, 2.75) is 6.61 Å². The Hall–Kier alpha value is -3.08. The maximum Gasteiger partial charge on any atom is 0.276 e. The smallest absolute Gasteiger partial charge is 0.276 e. The molecule has 1 aromatic heterocycles. The third-order valence-corrected chi connectivity index (χ3v) is 3.60. The van der Waals surface area contributed by atoms with Crippen LogP contribution in [-0.4, -0.2) is 15.5 Å². The van der Waals surface area contributed by atoms with Crippen LogP contribution in [0.1, 0.15) is 16.2 Å². The topological polar surface area (TPSA) is 56.2 Å². The largest absolute Gasteiger partial charge is 0.485 e. The number of carbonyl (C=O) groups excluding carboxylic acids is 1. The van der Waals surface area contributed by atoms with Crippen molar-refractivity contribution in [3.63, 3.8) is 0 Å². The Morgan fingerprint density at radius 1 is 1.09 bits per heavy atom. The van der Waals surface area contributed by atoms with Gasteiger partial charge in [0.2, 0.25) is 0 Å². The molecule has 2 heterocycles. The first kappa shape index (κ1) is 12.6. The van der Waals surface area contributed by atoms with E-state index < -0.39 is 0 Å². The molecule has 0 radical (unpaired) electrons. The zero-order chi connectivity index (χ0) is 14.9. The summed E-state index contributed by atoms with van der Waals surface area (Å²) in [4.78, 5) is 16.7. The Morgan fingerprint density at radius 3 is 2.73 bits per heavy atom. The third-order valence-electron chi connectivity index (χ3n) is 3.60. The molecule has 5 heteroatoms. The average Bonchev–Trinajstić information content (AvgIpc) is 3.00. The van der Waals surface area contributed by atoms with Crippen molar-refractivity contribution in [3.05, 3.63) is 72.3 Å². The van der Waals surface area contributed by atoms with Gasteiger partial charge in [-0.3, -0.25) is 9.36 Å². The average molecular weight is 291 g/mol. The number of para-hydroxylation sites is 3. The first-order valence-corrected chi connectivity index (χ1v) is 6.98. The summed E-state index contributed by atoms with van der Waals surface area (Å²) in [5.41, 5.74) is 2.78. The van der Waals surface area contributed by atoms with E-state index >= 15 is 0 Å². The molecule has 22 heavy (non-hydrogen) atoms. The van der Waals surface area contributed by atoms with E-state index in [9.17, 15) is 4.79 Å². The highest BCUT2D eigenvalue weighted by atomic mass is 16.5. The number of benzene rings is 2. The number of carbonyl (C=O) groups is 1. The Labute approximate surface area is 127 Å². The summed E-state index contributed by atoms with van der Waals surface area (Å²) in [7, 11) is 0. The number of rotatable bonds is 2. The molecule has 108 valence electrons. The number of imidazole rings is 1. The van der Waals surface area contributed by atoms with Gasteiger partial charge in [0.1, 0.15) is 18.7 Å². The van der Waals surface area contributed by atoms with Crippen LogP contribution >= 0.6 is 0 Å². The van der Waals surface area contributed by atoms with Crippen LogP contribution in [-0.2, 0) is 6.61 Å². The molecular formula is C17H13N3O2. The molecule has 0 bridgehead atoms. The number of nitrogens with one attached hydrogen (secondary N) is 1. The second-order valence-electron chi connectivity index (χ2n) is 4.99. The second-order valence-corrected chi connectivity index (χ2v) is 4.99. The molecule has 0 saturated heterocycles. The van der Waals surface area contributed by atoms with Crippen LogP contribution in [0, 0.1) is 0 Å². The molecular weight excluding hydrogens is 278 g/mol. The van der Waals surface area contributed by atoms with Gasteiger partial charge in [0, 0.05) is 5.69 Å². The van der Waals surface area contributed by atoms with Crippen LogP contribution in [0.2, 0.25) is 0 Å². The van der Waals surface area contributed by atoms with Gasteiger partial charge in [-0.25, -0.2) is 4.98 Å². The van der Waals surface area contributed by atoms with Crippen LogP contribution in [0.15, 0.2) is 60.9 Å². The maximum atomic E-state index is 12.4. The van der Waals surface area contributed by atoms with E-state index in [1.165, 1.54) is 0 Å². The van der Waals surface area contributed by atoms with E-state index in [2.05, 4.69) is 10.3 Å². The highest BCUT2D eigenvalue weighted by molar-refractivity contribution is 6.03. The van der Waals surface area contributed by atoms with Crippen LogP contribution in [0.25, 0.3) is 5.69 Å². The van der Waals surface area contributed by atoms with Crippen LogP contribution in [0.3, 0.4) is 0 Å². The lowest BCUT2D eigenvalue weighted by Gasteiger charge is -2.20. The van der Waals surface area contributed by atoms with Crippen molar-refractivity contribution in [1.29, 1.82) is 0 Å². The van der Waals surface area contributed by atoms with Crippen LogP contribution in [0.4, 0.5) is 5.69 Å². The summed E-state index contributed by atoms with van der Waals surface area (Å²) in [5.74, 6) is 0.561. The minimum Gasteiger partial charge on any atom is -0.485 e. The summed E-state index contributed by atoms with van der Waals surface area (Å²) < 4.78 is 7.61. The number of hydrogen-bond acceptors (Lipinski definition) is 3. The summed E-state index contributed by atoms with van der Waals surface area (Å²) in [6, 6.07) is 17.0. The zero-order valence-corrected chi connectivity index (χ0v) is 11.7. The highest BCUT2D eigenvalue weighted by Gasteiger charge is 2.24. The molecule has 1 N–H and O–H groups in total. The fourth-order valence-corrected chi connectivity index (χ4v) is 2.55. The van der Waals surface area contributed by atoms with E-state index in [0.717, 1.165) is 22.8 Å². The molecule has 1 aliphatic heterocycles. The molecule has 1 amide bonds. The first-order valence-electron chi connectivity index (χ1n) is 6.98. The lowest BCUT2D eigenvalue weighted by molar-refractivity contribution is 0.101. The van der Waals surface area contributed by atoms with Gasteiger partial charge in [-0.1, -0.05) is 30.3 Å². The number of ether oxygens (including phenoxy) is 1. The standard InChI is InChI=1S/C17H13N3O2/c21-17(19-12-6-2-1-3-7-12)16-14-10-22-15-9-5-4-8-13(15)20(14)11-18-16/h1-9,11H,10H2,(H,19,21). The van der Waals surface area contributed by atoms with Gasteiger partial charge in [-0.15, -0.1) is 0 Å². The predicted octanol–water partition coefficient (Wildman–Crippen LogP) is 3.02. The van der Waals surface area contributed by atoms with Gasteiger partial charge < -0.3 is 10.1 Å². The van der Waals surface area contributed by atoms with Gasteiger partial charge in [-0.05, 0) is 24.3 Å². The summed E-state index contributed by atoms with van der Waals surface area (Å²) >= 11 is 0. The Kier molecular flexibility index (Phi) is 2.89. The van der Waals surface area contributed by atoms with E-state index in [1.807, 2.05) is 59.2 Å². The van der Waals surface area contributed by atoms with Crippen molar-refractivity contribution >= 4 is 11.6 Å². The number of aromatic nitrogens is 2. The molecule has 5 nitrogen and oxygen atoms in total. The number of anilines is 1. The monoisotopic (exact) mass is 291 g/mol. The second kappa shape index (κ2) is 5.04. The molecule has 3 aromatic rings. The third kappa shape index (κ3) is 2.03. The quantitative estimate of drug-likeness (QED) is 0.789. The van der Waals surface area contributed by atoms with Crippen molar-refractivity contribution in [2.75, 3.05) is 5.32 Å². The fraction of sp³-hybridized carbons (Fsp3) is 0.0588. The minimum atomic E-state index is -0.233. The Bertz CT molecular complexity index is 840. The van der Waals surface area contributed by atoms with Gasteiger partial charge in [0.25, 0.3) is 5.91 Å². The lowest BCUT2D eigenvalue weighted by atomic mass is 10.2. The molecule has 0 atom stereocenters. The van der Waals surface area contributed by atoms with E-state index in [1.54, 1.807) is 6.33 Å². The van der Waals surface area contributed by atoms with Crippen molar-refractivity contribution in [3.8, 4) is 11.4 Å². The maximum absolute atomic E-state index is 12.4. The van der Waals surface area contributed by atoms with Gasteiger partial charge in [0.15, 0.2) is 5.69 Å². The van der Waals surface area contributed by atoms with E-state index in [0.29, 0.717) is 12.3 Å². The predicted molar refractivity (Wildman–Crippen MR) is 82.3 cm³/mol. The molecule has 1 aliphatic rings. The van der Waals surface area contributed by atoms with Crippen molar-refractivity contribution < 1.29 is 9.53 Å². The number of fused-ring (bicyclic) bond motifs is 3. The van der Waals surface area contributed by atoms with Crippen LogP contribution < -0.4 is 10.1 Å². The van der Waals surface area contributed by atoms with E-state index in [-0.39, 0.29) is 5.91 Å². The number of amides is 1. The van der Waals surface area contributed by atoms with Crippen molar-refractivity contribution in [2.24, 2.45) is 0 Å². The van der Waals surface area contributed by atoms with Gasteiger partial charge >= 0.3 is 0 Å². The first-order chi connectivity index (χ1) is 10.8. The minimum absolute atomic E-state index is 0.233. The highest BCUT2D eigenvalue weighted by Crippen LogP contribution is 2.30. The fourth-order valence-electron chi connectivity index (χ4n) is 2.55. The normalized spacial score (nSPS) is 12.0. The SMILES string of the molecule is O=C(Nc1ccccc1)c1ncn2c1COc1ccccc1-2. The van der Waals surface area contributed by atoms with Gasteiger partial charge in [-0.2, -0.15) is 0 Å². The zero-order valence-electron chi connectivity index (χ0n) is 11.7. The van der Waals surface area contributed by atoms with E-state index in [4.69, 9.17) is 4.74 Å².